The van der Waals surface area contributed by atoms with Gasteiger partial charge in [-0.25, -0.2) is 0 Å². The SMILES string of the molecule is CS(=O)CCNC(=O)c1cccc(I)c1. The van der Waals surface area contributed by atoms with E-state index in [0.29, 0.717) is 17.9 Å². The van der Waals surface area contributed by atoms with E-state index in [1.165, 1.54) is 0 Å². The monoisotopic (exact) mass is 337 g/mol. The second-order valence-electron chi connectivity index (χ2n) is 3.04. The number of carbonyl (C=O) groups is 1. The van der Waals surface area contributed by atoms with Crippen LogP contribution < -0.4 is 5.32 Å². The molecule has 82 valence electrons. The van der Waals surface area contributed by atoms with Gasteiger partial charge in [0, 0.05) is 38.5 Å². The lowest BCUT2D eigenvalue weighted by Gasteiger charge is -2.04. The number of rotatable bonds is 4. The van der Waals surface area contributed by atoms with E-state index >= 15 is 0 Å². The maximum Gasteiger partial charge on any atom is 0.251 e. The normalized spacial score (nSPS) is 12.1. The van der Waals surface area contributed by atoms with Gasteiger partial charge in [-0.1, -0.05) is 6.07 Å². The summed E-state index contributed by atoms with van der Waals surface area (Å²) in [5, 5.41) is 2.72. The second kappa shape index (κ2) is 6.22. The van der Waals surface area contributed by atoms with Crippen molar-refractivity contribution in [3.05, 3.63) is 33.4 Å². The van der Waals surface area contributed by atoms with Crippen LogP contribution in [0.25, 0.3) is 0 Å². The number of carbonyl (C=O) groups excluding carboxylic acids is 1. The molecule has 1 N–H and O–H groups in total. The average molecular weight is 337 g/mol. The molecule has 0 saturated heterocycles. The number of hydrogen-bond donors (Lipinski definition) is 1. The fourth-order valence-electron chi connectivity index (χ4n) is 1.04. The minimum absolute atomic E-state index is 0.112. The molecule has 0 radical (unpaired) electrons. The van der Waals surface area contributed by atoms with Crippen molar-refractivity contribution < 1.29 is 9.00 Å². The number of benzene rings is 1. The van der Waals surface area contributed by atoms with E-state index in [0.717, 1.165) is 3.57 Å². The maximum absolute atomic E-state index is 11.6. The molecular weight excluding hydrogens is 325 g/mol. The van der Waals surface area contributed by atoms with E-state index in [9.17, 15) is 9.00 Å². The van der Waals surface area contributed by atoms with E-state index in [-0.39, 0.29) is 5.91 Å². The lowest BCUT2D eigenvalue weighted by atomic mass is 10.2. The summed E-state index contributed by atoms with van der Waals surface area (Å²) in [5.74, 6) is 0.384. The van der Waals surface area contributed by atoms with Crippen molar-refractivity contribution in [2.45, 2.75) is 0 Å². The molecule has 0 saturated carbocycles. The van der Waals surface area contributed by atoms with Crippen LogP contribution in [0.4, 0.5) is 0 Å². The molecule has 0 aliphatic rings. The summed E-state index contributed by atoms with van der Waals surface area (Å²) in [6.45, 7) is 0.452. The Hall–Kier alpha value is -0.430. The van der Waals surface area contributed by atoms with Crippen molar-refractivity contribution in [3.8, 4) is 0 Å². The van der Waals surface area contributed by atoms with Crippen molar-refractivity contribution in [2.75, 3.05) is 18.6 Å². The van der Waals surface area contributed by atoms with Crippen LogP contribution in [0, 0.1) is 3.57 Å². The molecule has 0 heterocycles. The molecule has 5 heteroatoms. The topological polar surface area (TPSA) is 46.2 Å². The number of nitrogens with one attached hydrogen (secondary N) is 1. The van der Waals surface area contributed by atoms with Crippen molar-refractivity contribution in [1.29, 1.82) is 0 Å². The lowest BCUT2D eigenvalue weighted by Crippen LogP contribution is -2.27. The molecule has 0 aromatic heterocycles. The first-order valence-corrected chi connectivity index (χ1v) is 7.24. The summed E-state index contributed by atoms with van der Waals surface area (Å²) in [7, 11) is -0.859. The van der Waals surface area contributed by atoms with Crippen LogP contribution in [0.15, 0.2) is 24.3 Å². The molecule has 0 fully saturated rings. The van der Waals surface area contributed by atoms with Gasteiger partial charge in [0.1, 0.15) is 0 Å². The van der Waals surface area contributed by atoms with Gasteiger partial charge in [0.2, 0.25) is 0 Å². The van der Waals surface area contributed by atoms with Gasteiger partial charge >= 0.3 is 0 Å². The zero-order chi connectivity index (χ0) is 11.3. The van der Waals surface area contributed by atoms with Crippen molar-refractivity contribution in [1.82, 2.24) is 5.32 Å². The number of amides is 1. The fraction of sp³-hybridized carbons (Fsp3) is 0.300. The predicted octanol–water partition coefficient (Wildman–Crippen LogP) is 1.40. The second-order valence-corrected chi connectivity index (χ2v) is 5.84. The first-order chi connectivity index (χ1) is 7.09. The van der Waals surface area contributed by atoms with Crippen molar-refractivity contribution >= 4 is 39.3 Å². The van der Waals surface area contributed by atoms with Gasteiger partial charge in [0.15, 0.2) is 0 Å². The Morgan fingerprint density at radius 3 is 2.87 bits per heavy atom. The first-order valence-electron chi connectivity index (χ1n) is 4.43. The largest absolute Gasteiger partial charge is 0.351 e. The average Bonchev–Trinajstić information content (AvgIpc) is 2.17. The Kier molecular flexibility index (Phi) is 5.24. The first kappa shape index (κ1) is 12.6. The summed E-state index contributed by atoms with van der Waals surface area (Å²) in [4.78, 5) is 11.6. The van der Waals surface area contributed by atoms with Crippen LogP contribution in [0.2, 0.25) is 0 Å². The van der Waals surface area contributed by atoms with E-state index in [1.807, 2.05) is 18.2 Å². The third kappa shape index (κ3) is 4.74. The van der Waals surface area contributed by atoms with Crippen LogP contribution in [0.1, 0.15) is 10.4 Å². The zero-order valence-corrected chi connectivity index (χ0v) is 11.3. The molecule has 1 aromatic carbocycles. The Morgan fingerprint density at radius 1 is 1.53 bits per heavy atom. The fourth-order valence-corrected chi connectivity index (χ4v) is 1.97. The molecule has 3 nitrogen and oxygen atoms in total. The maximum atomic E-state index is 11.6. The van der Waals surface area contributed by atoms with Crippen LogP contribution >= 0.6 is 22.6 Å². The lowest BCUT2D eigenvalue weighted by molar-refractivity contribution is 0.0956. The molecule has 1 unspecified atom stereocenters. The van der Waals surface area contributed by atoms with Gasteiger partial charge in [-0.2, -0.15) is 0 Å². The standard InChI is InChI=1S/C10H12INO2S/c1-15(14)6-5-12-10(13)8-3-2-4-9(11)7-8/h2-4,7H,5-6H2,1H3,(H,12,13). The summed E-state index contributed by atoms with van der Waals surface area (Å²) >= 11 is 2.16. The quantitative estimate of drug-likeness (QED) is 0.845. The minimum Gasteiger partial charge on any atom is -0.351 e. The number of hydrogen-bond acceptors (Lipinski definition) is 2. The Labute approximate surface area is 105 Å². The van der Waals surface area contributed by atoms with Crippen molar-refractivity contribution in [3.63, 3.8) is 0 Å². The van der Waals surface area contributed by atoms with Crippen LogP contribution in [-0.2, 0) is 10.8 Å². The Morgan fingerprint density at radius 2 is 2.27 bits per heavy atom. The molecule has 0 bridgehead atoms. The minimum atomic E-state index is -0.859. The smallest absolute Gasteiger partial charge is 0.251 e. The highest BCUT2D eigenvalue weighted by Crippen LogP contribution is 2.07. The highest BCUT2D eigenvalue weighted by molar-refractivity contribution is 14.1. The number of halogens is 1. The van der Waals surface area contributed by atoms with E-state index in [1.54, 1.807) is 12.3 Å². The van der Waals surface area contributed by atoms with Gasteiger partial charge in [-0.3, -0.25) is 9.00 Å². The molecule has 1 atom stereocenters. The highest BCUT2D eigenvalue weighted by Gasteiger charge is 2.04. The molecule has 0 aliphatic heterocycles. The van der Waals surface area contributed by atoms with Gasteiger partial charge in [-0.05, 0) is 40.8 Å². The van der Waals surface area contributed by atoms with Crippen LogP contribution in [-0.4, -0.2) is 28.7 Å². The van der Waals surface area contributed by atoms with E-state index in [4.69, 9.17) is 0 Å². The van der Waals surface area contributed by atoms with Crippen molar-refractivity contribution in [2.24, 2.45) is 0 Å². The molecule has 1 aromatic rings. The molecule has 15 heavy (non-hydrogen) atoms. The van der Waals surface area contributed by atoms with Gasteiger partial charge in [-0.15, -0.1) is 0 Å². The van der Waals surface area contributed by atoms with Crippen LogP contribution in [0.3, 0.4) is 0 Å². The predicted molar refractivity (Wildman–Crippen MR) is 70.4 cm³/mol. The van der Waals surface area contributed by atoms with Gasteiger partial charge in [0.25, 0.3) is 5.91 Å². The molecule has 0 aliphatic carbocycles. The third-order valence-corrected chi connectivity index (χ3v) is 3.21. The third-order valence-electron chi connectivity index (χ3n) is 1.76. The highest BCUT2D eigenvalue weighted by atomic mass is 127. The Balaban J connectivity index is 2.50. The summed E-state index contributed by atoms with van der Waals surface area (Å²) in [6.07, 6.45) is 1.62. The van der Waals surface area contributed by atoms with Crippen LogP contribution in [0.5, 0.6) is 0 Å². The summed E-state index contributed by atoms with van der Waals surface area (Å²) in [6, 6.07) is 7.35. The summed E-state index contributed by atoms with van der Waals surface area (Å²) in [5.41, 5.74) is 0.642. The Bertz CT molecular complexity index is 381. The van der Waals surface area contributed by atoms with Gasteiger partial charge < -0.3 is 5.32 Å². The molecular formula is C10H12INO2S. The van der Waals surface area contributed by atoms with E-state index < -0.39 is 10.8 Å². The molecule has 0 spiro atoms. The summed E-state index contributed by atoms with van der Waals surface area (Å²) < 4.78 is 11.8. The molecule has 1 rings (SSSR count). The molecule has 1 amide bonds. The van der Waals surface area contributed by atoms with Gasteiger partial charge in [0.05, 0.1) is 0 Å². The zero-order valence-electron chi connectivity index (χ0n) is 8.33. The van der Waals surface area contributed by atoms with E-state index in [2.05, 4.69) is 27.9 Å².